The Morgan fingerprint density at radius 1 is 1.18 bits per heavy atom. The number of aryl methyl sites for hydroxylation is 1. The van der Waals surface area contributed by atoms with Gasteiger partial charge >= 0.3 is 0 Å². The summed E-state index contributed by atoms with van der Waals surface area (Å²) in [6.45, 7) is -0.243. The predicted molar refractivity (Wildman–Crippen MR) is 76.9 cm³/mol. The maximum atomic E-state index is 13.5. The molecule has 1 aromatic heterocycles. The van der Waals surface area contributed by atoms with Crippen molar-refractivity contribution in [1.82, 2.24) is 10.3 Å². The van der Waals surface area contributed by atoms with Gasteiger partial charge in [-0.25, -0.2) is 8.78 Å². The van der Waals surface area contributed by atoms with Gasteiger partial charge in [0.15, 0.2) is 0 Å². The van der Waals surface area contributed by atoms with Crippen LogP contribution >= 0.6 is 0 Å². The second kappa shape index (κ2) is 7.61. The number of hydrogen-bond acceptors (Lipinski definition) is 3. The first-order valence-corrected chi connectivity index (χ1v) is 6.85. The van der Waals surface area contributed by atoms with Gasteiger partial charge in [0.25, 0.3) is 0 Å². The van der Waals surface area contributed by atoms with E-state index in [4.69, 9.17) is 0 Å². The molecule has 1 heterocycles. The van der Waals surface area contributed by atoms with Crippen molar-refractivity contribution in [3.8, 4) is 0 Å². The number of rotatable bonds is 6. The summed E-state index contributed by atoms with van der Waals surface area (Å²) in [7, 11) is 0. The van der Waals surface area contributed by atoms with Gasteiger partial charge in [0.05, 0.1) is 5.56 Å². The lowest BCUT2D eigenvalue weighted by molar-refractivity contribution is -0.121. The molecule has 0 fully saturated rings. The number of nitrogens with zero attached hydrogens (tertiary/aromatic N) is 1. The Morgan fingerprint density at radius 3 is 2.45 bits per heavy atom. The van der Waals surface area contributed by atoms with Crippen LogP contribution < -0.4 is 5.32 Å². The van der Waals surface area contributed by atoms with E-state index in [-0.39, 0.29) is 18.9 Å². The zero-order valence-corrected chi connectivity index (χ0v) is 11.8. The third-order valence-corrected chi connectivity index (χ3v) is 3.22. The van der Waals surface area contributed by atoms with Crippen LogP contribution in [-0.2, 0) is 11.2 Å². The predicted octanol–water partition coefficient (Wildman–Crippen LogP) is 2.14. The average molecular weight is 306 g/mol. The third kappa shape index (κ3) is 4.33. The number of aromatic nitrogens is 1. The maximum Gasteiger partial charge on any atom is 0.220 e. The summed E-state index contributed by atoms with van der Waals surface area (Å²) in [5, 5.41) is 12.3. The molecule has 0 aliphatic rings. The number of benzene rings is 1. The first kappa shape index (κ1) is 16.0. The highest BCUT2D eigenvalue weighted by Gasteiger charge is 2.18. The maximum absolute atomic E-state index is 13.5. The minimum Gasteiger partial charge on any atom is -0.386 e. The van der Waals surface area contributed by atoms with Gasteiger partial charge in [0, 0.05) is 25.4 Å². The second-order valence-corrected chi connectivity index (χ2v) is 4.81. The molecule has 1 aromatic carbocycles. The summed E-state index contributed by atoms with van der Waals surface area (Å²) >= 11 is 0. The number of aliphatic hydroxyl groups excluding tert-OH is 1. The molecule has 0 spiro atoms. The summed E-state index contributed by atoms with van der Waals surface area (Å²) in [4.78, 5) is 15.6. The van der Waals surface area contributed by atoms with Crippen molar-refractivity contribution in [3.05, 3.63) is 65.5 Å². The van der Waals surface area contributed by atoms with Gasteiger partial charge in [0.2, 0.25) is 5.91 Å². The molecule has 1 atom stereocenters. The normalized spacial score (nSPS) is 12.0. The van der Waals surface area contributed by atoms with Crippen molar-refractivity contribution in [2.24, 2.45) is 0 Å². The van der Waals surface area contributed by atoms with E-state index in [0.717, 1.165) is 17.7 Å². The molecule has 2 N–H and O–H groups in total. The molecular weight excluding hydrogens is 290 g/mol. The molecule has 1 amide bonds. The van der Waals surface area contributed by atoms with Crippen molar-refractivity contribution in [3.63, 3.8) is 0 Å². The molecule has 0 aliphatic carbocycles. The van der Waals surface area contributed by atoms with Crippen molar-refractivity contribution in [2.45, 2.75) is 18.9 Å². The SMILES string of the molecule is O=C(CCc1ccncc1)NCC(O)c1c(F)cccc1F. The van der Waals surface area contributed by atoms with E-state index in [1.165, 1.54) is 6.07 Å². The minimum absolute atomic E-state index is 0.219. The minimum atomic E-state index is -1.42. The lowest BCUT2D eigenvalue weighted by Gasteiger charge is -2.14. The third-order valence-electron chi connectivity index (χ3n) is 3.22. The van der Waals surface area contributed by atoms with Crippen LogP contribution in [0.4, 0.5) is 8.78 Å². The highest BCUT2D eigenvalue weighted by atomic mass is 19.1. The highest BCUT2D eigenvalue weighted by Crippen LogP contribution is 2.19. The number of pyridine rings is 1. The monoisotopic (exact) mass is 306 g/mol. The van der Waals surface area contributed by atoms with Crippen molar-refractivity contribution in [2.75, 3.05) is 6.54 Å². The van der Waals surface area contributed by atoms with E-state index in [0.29, 0.717) is 6.42 Å². The van der Waals surface area contributed by atoms with Gasteiger partial charge in [-0.05, 0) is 36.2 Å². The molecule has 0 saturated heterocycles. The quantitative estimate of drug-likeness (QED) is 0.859. The lowest BCUT2D eigenvalue weighted by Crippen LogP contribution is -2.29. The van der Waals surface area contributed by atoms with Crippen LogP contribution in [0, 0.1) is 11.6 Å². The smallest absolute Gasteiger partial charge is 0.220 e. The Morgan fingerprint density at radius 2 is 1.82 bits per heavy atom. The number of carbonyl (C=O) groups is 1. The Bertz CT molecular complexity index is 615. The van der Waals surface area contributed by atoms with Crippen LogP contribution in [0.25, 0.3) is 0 Å². The fourth-order valence-corrected chi connectivity index (χ4v) is 2.04. The summed E-state index contributed by atoms with van der Waals surface area (Å²) in [6, 6.07) is 6.95. The van der Waals surface area contributed by atoms with Gasteiger partial charge in [-0.2, -0.15) is 0 Å². The molecule has 4 nitrogen and oxygen atoms in total. The number of amides is 1. The van der Waals surface area contributed by atoms with Crippen LogP contribution in [0.1, 0.15) is 23.7 Å². The van der Waals surface area contributed by atoms with E-state index in [2.05, 4.69) is 10.3 Å². The molecule has 22 heavy (non-hydrogen) atoms. The van der Waals surface area contributed by atoms with Crippen molar-refractivity contribution < 1.29 is 18.7 Å². The summed E-state index contributed by atoms with van der Waals surface area (Å²) in [6.07, 6.45) is 2.59. The van der Waals surface area contributed by atoms with Gasteiger partial charge < -0.3 is 10.4 Å². The highest BCUT2D eigenvalue weighted by molar-refractivity contribution is 5.76. The van der Waals surface area contributed by atoms with Crippen LogP contribution in [0.2, 0.25) is 0 Å². The Balaban J connectivity index is 1.83. The molecule has 0 radical (unpaired) electrons. The molecule has 116 valence electrons. The largest absolute Gasteiger partial charge is 0.386 e. The van der Waals surface area contributed by atoms with Gasteiger partial charge in [-0.3, -0.25) is 9.78 Å². The zero-order valence-electron chi connectivity index (χ0n) is 11.8. The fourth-order valence-electron chi connectivity index (χ4n) is 2.04. The molecule has 2 aromatic rings. The standard InChI is InChI=1S/C16H16F2N2O2/c17-12-2-1-3-13(18)16(12)14(21)10-20-15(22)5-4-11-6-8-19-9-7-11/h1-3,6-9,14,21H,4-5,10H2,(H,20,22). The number of carbonyl (C=O) groups excluding carboxylic acids is 1. The summed E-state index contributed by atoms with van der Waals surface area (Å²) in [5.41, 5.74) is 0.530. The van der Waals surface area contributed by atoms with Crippen LogP contribution in [-0.4, -0.2) is 22.5 Å². The van der Waals surface area contributed by atoms with E-state index < -0.39 is 23.3 Å². The summed E-state index contributed by atoms with van der Waals surface area (Å²) in [5.74, 6) is -1.97. The molecule has 2 rings (SSSR count). The Kier molecular flexibility index (Phi) is 5.55. The molecule has 0 bridgehead atoms. The van der Waals surface area contributed by atoms with Crippen LogP contribution in [0.3, 0.4) is 0 Å². The fraction of sp³-hybridized carbons (Fsp3) is 0.250. The van der Waals surface area contributed by atoms with Gasteiger partial charge in [0.1, 0.15) is 17.7 Å². The molecule has 0 aliphatic heterocycles. The number of hydrogen-bond donors (Lipinski definition) is 2. The average Bonchev–Trinajstić information content (AvgIpc) is 2.52. The first-order chi connectivity index (χ1) is 10.6. The van der Waals surface area contributed by atoms with Crippen molar-refractivity contribution >= 4 is 5.91 Å². The Labute approximate surface area is 126 Å². The zero-order chi connectivity index (χ0) is 15.9. The van der Waals surface area contributed by atoms with E-state index >= 15 is 0 Å². The van der Waals surface area contributed by atoms with E-state index in [1.807, 2.05) is 0 Å². The Hall–Kier alpha value is -2.34. The molecule has 0 saturated carbocycles. The number of halogens is 2. The van der Waals surface area contributed by atoms with Gasteiger partial charge in [-0.1, -0.05) is 6.07 Å². The molecular formula is C16H16F2N2O2. The van der Waals surface area contributed by atoms with Crippen molar-refractivity contribution in [1.29, 1.82) is 0 Å². The topological polar surface area (TPSA) is 62.2 Å². The van der Waals surface area contributed by atoms with E-state index in [1.54, 1.807) is 24.5 Å². The summed E-state index contributed by atoms with van der Waals surface area (Å²) < 4.78 is 27.0. The van der Waals surface area contributed by atoms with Crippen LogP contribution in [0.5, 0.6) is 0 Å². The second-order valence-electron chi connectivity index (χ2n) is 4.81. The van der Waals surface area contributed by atoms with Gasteiger partial charge in [-0.15, -0.1) is 0 Å². The number of nitrogens with one attached hydrogen (secondary N) is 1. The number of aliphatic hydroxyl groups is 1. The molecule has 1 unspecified atom stereocenters. The first-order valence-electron chi connectivity index (χ1n) is 6.85. The van der Waals surface area contributed by atoms with Crippen LogP contribution in [0.15, 0.2) is 42.7 Å². The van der Waals surface area contributed by atoms with E-state index in [9.17, 15) is 18.7 Å². The molecule has 6 heteroatoms. The lowest BCUT2D eigenvalue weighted by atomic mass is 10.1.